The zero-order valence-corrected chi connectivity index (χ0v) is 23.5. The number of unbranched alkanes of at least 4 members (excludes halogenated alkanes) is 4. The van der Waals surface area contributed by atoms with Gasteiger partial charge in [-0.3, -0.25) is 4.79 Å². The molecule has 0 bridgehead atoms. The van der Waals surface area contributed by atoms with Crippen molar-refractivity contribution in [1.29, 1.82) is 0 Å². The largest absolute Gasteiger partial charge is 0.448 e. The lowest BCUT2D eigenvalue weighted by atomic mass is 10.0. The fraction of sp³-hybridized carbons (Fsp3) is 0.500. The third kappa shape index (κ3) is 5.90. The van der Waals surface area contributed by atoms with Crippen LogP contribution in [-0.2, 0) is 4.74 Å². The van der Waals surface area contributed by atoms with Crippen LogP contribution in [0.25, 0.3) is 5.76 Å². The van der Waals surface area contributed by atoms with Crippen molar-refractivity contribution in [2.24, 2.45) is 0 Å². The van der Waals surface area contributed by atoms with Crippen LogP contribution in [0.15, 0.2) is 42.2 Å². The highest BCUT2D eigenvalue weighted by Gasteiger charge is 2.38. The van der Waals surface area contributed by atoms with E-state index in [1.54, 1.807) is 0 Å². The van der Waals surface area contributed by atoms with Gasteiger partial charge in [0.2, 0.25) is 11.5 Å². The summed E-state index contributed by atoms with van der Waals surface area (Å²) in [5, 5.41) is 0. The number of benzene rings is 2. The number of ketones is 1. The highest BCUT2D eigenvalue weighted by atomic mass is 16.6. The molecule has 2 aliphatic heterocycles. The summed E-state index contributed by atoms with van der Waals surface area (Å²) in [5.74, 6) is 0.176. The van der Waals surface area contributed by atoms with Crippen molar-refractivity contribution in [3.63, 3.8) is 0 Å². The SMILES string of the molecule is CCCCN(CCCC)c1ccc2c(c1)O/C(=C1/OC(=O)c3ccc(N(CCCC)CCCC)cc31)C2=O. The van der Waals surface area contributed by atoms with Gasteiger partial charge >= 0.3 is 5.97 Å². The van der Waals surface area contributed by atoms with E-state index in [0.717, 1.165) is 88.9 Å². The molecule has 2 aliphatic rings. The Morgan fingerprint density at radius 2 is 1.08 bits per heavy atom. The first-order valence-electron chi connectivity index (χ1n) is 14.5. The number of ether oxygens (including phenoxy) is 2. The topological polar surface area (TPSA) is 59.1 Å². The summed E-state index contributed by atoms with van der Waals surface area (Å²) in [5.41, 5.74) is 3.71. The number of Topliss-reactive ketones (excluding diaryl/α,β-unsaturated/α-hetero) is 1. The lowest BCUT2D eigenvalue weighted by Gasteiger charge is -2.25. The number of allylic oxidation sites excluding steroid dienone is 1. The van der Waals surface area contributed by atoms with Crippen LogP contribution >= 0.6 is 0 Å². The molecule has 4 rings (SSSR count). The second kappa shape index (κ2) is 13.0. The fourth-order valence-electron chi connectivity index (χ4n) is 5.01. The summed E-state index contributed by atoms with van der Waals surface area (Å²) >= 11 is 0. The second-order valence-electron chi connectivity index (χ2n) is 10.3. The number of fused-ring (bicyclic) bond motifs is 2. The maximum Gasteiger partial charge on any atom is 0.344 e. The van der Waals surface area contributed by atoms with Gasteiger partial charge in [0.1, 0.15) is 5.75 Å². The van der Waals surface area contributed by atoms with E-state index in [-0.39, 0.29) is 17.3 Å². The van der Waals surface area contributed by atoms with Crippen LogP contribution in [0.1, 0.15) is 105 Å². The zero-order valence-electron chi connectivity index (χ0n) is 23.5. The van der Waals surface area contributed by atoms with Gasteiger partial charge in [0.25, 0.3) is 0 Å². The van der Waals surface area contributed by atoms with Gasteiger partial charge in [-0.05, 0) is 56.0 Å². The highest BCUT2D eigenvalue weighted by molar-refractivity contribution is 6.18. The molecule has 0 amide bonds. The first-order chi connectivity index (χ1) is 18.5. The Labute approximate surface area is 227 Å². The zero-order chi connectivity index (χ0) is 27.1. The maximum absolute atomic E-state index is 13.4. The molecule has 38 heavy (non-hydrogen) atoms. The highest BCUT2D eigenvalue weighted by Crippen LogP contribution is 2.41. The molecule has 6 heteroatoms. The van der Waals surface area contributed by atoms with Crippen molar-refractivity contribution in [2.75, 3.05) is 36.0 Å². The molecule has 0 radical (unpaired) electrons. The van der Waals surface area contributed by atoms with E-state index in [1.165, 1.54) is 0 Å². The Balaban J connectivity index is 1.66. The number of esters is 1. The van der Waals surface area contributed by atoms with Crippen molar-refractivity contribution in [2.45, 2.75) is 79.1 Å². The van der Waals surface area contributed by atoms with Crippen LogP contribution in [0, 0.1) is 0 Å². The average molecular weight is 519 g/mol. The van der Waals surface area contributed by atoms with Gasteiger partial charge in [0.15, 0.2) is 5.76 Å². The second-order valence-corrected chi connectivity index (χ2v) is 10.3. The first-order valence-corrected chi connectivity index (χ1v) is 14.5. The minimum absolute atomic E-state index is 0.101. The Kier molecular flexibility index (Phi) is 9.48. The molecular formula is C32H42N2O4. The van der Waals surface area contributed by atoms with Gasteiger partial charge in [-0.2, -0.15) is 0 Å². The molecule has 6 nitrogen and oxygen atoms in total. The maximum atomic E-state index is 13.4. The minimum Gasteiger partial charge on any atom is -0.448 e. The van der Waals surface area contributed by atoms with E-state index in [0.29, 0.717) is 22.4 Å². The molecule has 2 aromatic rings. The van der Waals surface area contributed by atoms with Crippen LogP contribution in [0.4, 0.5) is 11.4 Å². The van der Waals surface area contributed by atoms with Gasteiger partial charge < -0.3 is 19.3 Å². The molecule has 0 aliphatic carbocycles. The smallest absolute Gasteiger partial charge is 0.344 e. The van der Waals surface area contributed by atoms with Gasteiger partial charge in [0.05, 0.1) is 11.1 Å². The summed E-state index contributed by atoms with van der Waals surface area (Å²) in [7, 11) is 0. The van der Waals surface area contributed by atoms with Gasteiger partial charge in [-0.15, -0.1) is 0 Å². The Morgan fingerprint density at radius 1 is 0.579 bits per heavy atom. The summed E-state index contributed by atoms with van der Waals surface area (Å²) in [6.07, 6.45) is 8.88. The molecule has 0 N–H and O–H groups in total. The van der Waals surface area contributed by atoms with Crippen molar-refractivity contribution in [1.82, 2.24) is 0 Å². The Morgan fingerprint density at radius 3 is 1.61 bits per heavy atom. The summed E-state index contributed by atoms with van der Waals surface area (Å²) in [6, 6.07) is 11.6. The third-order valence-electron chi connectivity index (χ3n) is 7.35. The number of hydrogen-bond donors (Lipinski definition) is 0. The van der Waals surface area contributed by atoms with Crippen molar-refractivity contribution in [3.8, 4) is 5.75 Å². The molecule has 0 aromatic heterocycles. The van der Waals surface area contributed by atoms with Crippen LogP contribution in [0.5, 0.6) is 5.75 Å². The number of nitrogens with zero attached hydrogens (tertiary/aromatic N) is 2. The van der Waals surface area contributed by atoms with Gasteiger partial charge in [0, 0.05) is 49.2 Å². The molecular weight excluding hydrogens is 476 g/mol. The van der Waals surface area contributed by atoms with Gasteiger partial charge in [-0.25, -0.2) is 4.79 Å². The number of cyclic esters (lactones) is 1. The standard InChI is InChI=1S/C32H42N2O4/c1-5-9-17-33(18-10-6-2)23-13-15-25-27(21-23)30(38-32(25)36)31-29(35)26-16-14-24(22-28(26)37-31)34(19-11-7-3)20-12-8-4/h13-16,21-22H,5-12,17-20H2,1-4H3/b31-30+. The Hall–Kier alpha value is -3.28. The van der Waals surface area contributed by atoms with E-state index in [2.05, 4.69) is 37.5 Å². The number of hydrogen-bond acceptors (Lipinski definition) is 6. The molecule has 0 unspecified atom stereocenters. The summed E-state index contributed by atoms with van der Waals surface area (Å²) in [4.78, 5) is 30.9. The van der Waals surface area contributed by atoms with Crippen LogP contribution in [-0.4, -0.2) is 37.9 Å². The third-order valence-corrected chi connectivity index (χ3v) is 7.35. The number of carbonyl (C=O) groups is 2. The molecule has 204 valence electrons. The molecule has 2 aromatic carbocycles. The molecule has 0 fully saturated rings. The van der Waals surface area contributed by atoms with Crippen LogP contribution in [0.2, 0.25) is 0 Å². The normalized spacial score (nSPS) is 15.8. The van der Waals surface area contributed by atoms with Crippen LogP contribution < -0.4 is 14.5 Å². The van der Waals surface area contributed by atoms with E-state index < -0.39 is 5.97 Å². The van der Waals surface area contributed by atoms with E-state index >= 15 is 0 Å². The molecule has 2 heterocycles. The van der Waals surface area contributed by atoms with Crippen molar-refractivity contribution >= 4 is 28.9 Å². The fourth-order valence-corrected chi connectivity index (χ4v) is 5.01. The Bertz CT molecular complexity index is 1170. The number of anilines is 2. The lowest BCUT2D eigenvalue weighted by molar-refractivity contribution is 0.0710. The van der Waals surface area contributed by atoms with E-state index in [1.807, 2.05) is 36.4 Å². The van der Waals surface area contributed by atoms with Gasteiger partial charge in [-0.1, -0.05) is 53.4 Å². The predicted molar refractivity (Wildman–Crippen MR) is 154 cm³/mol. The minimum atomic E-state index is -0.443. The first kappa shape index (κ1) is 27.7. The molecule has 0 atom stereocenters. The quantitative estimate of drug-likeness (QED) is 0.189. The molecule has 0 spiro atoms. The summed E-state index contributed by atoms with van der Waals surface area (Å²) in [6.45, 7) is 12.6. The molecule has 0 saturated heterocycles. The van der Waals surface area contributed by atoms with Crippen molar-refractivity contribution in [3.05, 3.63) is 58.8 Å². The number of rotatable bonds is 14. The summed E-state index contributed by atoms with van der Waals surface area (Å²) < 4.78 is 11.8. The molecule has 0 saturated carbocycles. The lowest BCUT2D eigenvalue weighted by Crippen LogP contribution is -2.25. The predicted octanol–water partition coefficient (Wildman–Crippen LogP) is 7.61. The van der Waals surface area contributed by atoms with Crippen LogP contribution in [0.3, 0.4) is 0 Å². The van der Waals surface area contributed by atoms with Crippen molar-refractivity contribution < 1.29 is 19.1 Å². The average Bonchev–Trinajstić information content (AvgIpc) is 3.44. The van der Waals surface area contributed by atoms with E-state index in [4.69, 9.17) is 9.47 Å². The monoisotopic (exact) mass is 518 g/mol. The number of carbonyl (C=O) groups excluding carboxylic acids is 2. The van der Waals surface area contributed by atoms with E-state index in [9.17, 15) is 9.59 Å².